The summed E-state index contributed by atoms with van der Waals surface area (Å²) >= 11 is 0. The molecule has 0 aromatic heterocycles. The lowest BCUT2D eigenvalue weighted by atomic mass is 9.89. The molecule has 0 atom stereocenters. The predicted octanol–water partition coefficient (Wildman–Crippen LogP) is 4.39. The van der Waals surface area contributed by atoms with Gasteiger partial charge in [-0.25, -0.2) is 8.42 Å². The van der Waals surface area contributed by atoms with E-state index in [4.69, 9.17) is 5.26 Å². The number of aryl methyl sites for hydroxylation is 1. The molecule has 1 heterocycles. The van der Waals surface area contributed by atoms with Crippen LogP contribution in [0.15, 0.2) is 71.6 Å². The van der Waals surface area contributed by atoms with Gasteiger partial charge in [0.2, 0.25) is 0 Å². The first-order chi connectivity index (χ1) is 18.1. The molecule has 1 fully saturated rings. The lowest BCUT2D eigenvalue weighted by molar-refractivity contribution is 0.0712. The fourth-order valence-corrected chi connectivity index (χ4v) is 5.72. The SMILES string of the molecule is Cc1ccc(C(=O)N2CCC(c3ccc(C#N)cc3)CC2)cc1NS(=O)(=O)c1cccc(C(=O)N(C)C)c1. The van der Waals surface area contributed by atoms with Crippen molar-refractivity contribution >= 4 is 27.5 Å². The van der Waals surface area contributed by atoms with Crippen molar-refractivity contribution in [3.05, 3.63) is 94.5 Å². The van der Waals surface area contributed by atoms with Crippen molar-refractivity contribution in [2.45, 2.75) is 30.6 Å². The summed E-state index contributed by atoms with van der Waals surface area (Å²) in [5.41, 5.74) is 3.45. The van der Waals surface area contributed by atoms with Crippen LogP contribution in [0.25, 0.3) is 0 Å². The number of likely N-dealkylation sites (tertiary alicyclic amines) is 1. The fourth-order valence-electron chi connectivity index (χ4n) is 4.55. The molecule has 3 aromatic rings. The molecule has 0 aliphatic carbocycles. The van der Waals surface area contributed by atoms with Gasteiger partial charge in [-0.3, -0.25) is 14.3 Å². The van der Waals surface area contributed by atoms with Crippen LogP contribution in [0.5, 0.6) is 0 Å². The molecule has 0 bridgehead atoms. The number of benzene rings is 3. The Morgan fingerprint density at radius 2 is 1.66 bits per heavy atom. The minimum absolute atomic E-state index is 0.0359. The molecule has 0 unspecified atom stereocenters. The average molecular weight is 531 g/mol. The number of rotatable bonds is 6. The summed E-state index contributed by atoms with van der Waals surface area (Å²) in [5.74, 6) is -0.126. The van der Waals surface area contributed by atoms with Crippen molar-refractivity contribution in [2.75, 3.05) is 31.9 Å². The standard InChI is InChI=1S/C29H30N4O4S/c1-20-7-10-25(29(35)33-15-13-23(14-16-33)22-11-8-21(19-30)9-12-22)18-27(20)31-38(36,37)26-6-4-5-24(17-26)28(34)32(2)3/h4-12,17-18,23,31H,13-16H2,1-3H3. The number of sulfonamides is 1. The number of carbonyl (C=O) groups excluding carboxylic acids is 2. The summed E-state index contributed by atoms with van der Waals surface area (Å²) in [5, 5.41) is 9.00. The molecule has 1 aliphatic rings. The van der Waals surface area contributed by atoms with Crippen LogP contribution >= 0.6 is 0 Å². The van der Waals surface area contributed by atoms with Crippen LogP contribution < -0.4 is 4.72 Å². The monoisotopic (exact) mass is 530 g/mol. The number of hydrogen-bond donors (Lipinski definition) is 1. The average Bonchev–Trinajstić information content (AvgIpc) is 2.93. The van der Waals surface area contributed by atoms with Crippen LogP contribution in [0.3, 0.4) is 0 Å². The molecule has 1 saturated heterocycles. The Labute approximate surface area is 223 Å². The van der Waals surface area contributed by atoms with E-state index in [-0.39, 0.29) is 22.3 Å². The number of anilines is 1. The molecule has 0 spiro atoms. The Morgan fingerprint density at radius 1 is 0.974 bits per heavy atom. The maximum absolute atomic E-state index is 13.3. The van der Waals surface area contributed by atoms with Crippen molar-refractivity contribution in [3.63, 3.8) is 0 Å². The van der Waals surface area contributed by atoms with E-state index >= 15 is 0 Å². The second-order valence-corrected chi connectivity index (χ2v) is 11.3. The Kier molecular flexibility index (Phi) is 7.83. The van der Waals surface area contributed by atoms with Gasteiger partial charge in [-0.2, -0.15) is 5.26 Å². The van der Waals surface area contributed by atoms with Gasteiger partial charge in [-0.15, -0.1) is 0 Å². The number of nitrogens with one attached hydrogen (secondary N) is 1. The van der Waals surface area contributed by atoms with Crippen molar-refractivity contribution in [2.24, 2.45) is 0 Å². The third-order valence-electron chi connectivity index (χ3n) is 6.82. The lowest BCUT2D eigenvalue weighted by Crippen LogP contribution is -2.38. The third-order valence-corrected chi connectivity index (χ3v) is 8.18. The summed E-state index contributed by atoms with van der Waals surface area (Å²) in [6, 6.07) is 20.6. The summed E-state index contributed by atoms with van der Waals surface area (Å²) in [6.45, 7) is 2.94. The summed E-state index contributed by atoms with van der Waals surface area (Å²) in [6.07, 6.45) is 1.62. The molecular weight excluding hydrogens is 500 g/mol. The molecule has 196 valence electrons. The predicted molar refractivity (Wildman–Crippen MR) is 145 cm³/mol. The molecule has 2 amide bonds. The van der Waals surface area contributed by atoms with Gasteiger partial charge < -0.3 is 9.80 Å². The highest BCUT2D eigenvalue weighted by molar-refractivity contribution is 7.92. The molecule has 8 nitrogen and oxygen atoms in total. The van der Waals surface area contributed by atoms with E-state index in [2.05, 4.69) is 10.8 Å². The van der Waals surface area contributed by atoms with Crippen molar-refractivity contribution in [1.82, 2.24) is 9.80 Å². The lowest BCUT2D eigenvalue weighted by Gasteiger charge is -2.32. The van der Waals surface area contributed by atoms with Crippen LogP contribution in [-0.2, 0) is 10.0 Å². The van der Waals surface area contributed by atoms with Crippen LogP contribution in [0, 0.1) is 18.3 Å². The Balaban J connectivity index is 1.47. The zero-order valence-corrected chi connectivity index (χ0v) is 22.5. The van der Waals surface area contributed by atoms with Crippen molar-refractivity contribution in [3.8, 4) is 6.07 Å². The van der Waals surface area contributed by atoms with Gasteiger partial charge in [-0.1, -0.05) is 24.3 Å². The first-order valence-electron chi connectivity index (χ1n) is 12.3. The number of amides is 2. The van der Waals surface area contributed by atoms with Crippen LogP contribution in [0.4, 0.5) is 5.69 Å². The molecule has 9 heteroatoms. The van der Waals surface area contributed by atoms with E-state index in [1.165, 1.54) is 28.7 Å². The Bertz CT molecular complexity index is 1500. The first kappa shape index (κ1) is 26.9. The fraction of sp³-hybridized carbons (Fsp3) is 0.276. The maximum atomic E-state index is 13.3. The summed E-state index contributed by atoms with van der Waals surface area (Å²) in [7, 11) is -0.793. The van der Waals surface area contributed by atoms with E-state index in [0.717, 1.165) is 12.8 Å². The van der Waals surface area contributed by atoms with Gasteiger partial charge in [0.25, 0.3) is 21.8 Å². The van der Waals surface area contributed by atoms with Gasteiger partial charge in [0.15, 0.2) is 0 Å². The van der Waals surface area contributed by atoms with Crippen molar-refractivity contribution < 1.29 is 18.0 Å². The highest BCUT2D eigenvalue weighted by Crippen LogP contribution is 2.30. The first-order valence-corrected chi connectivity index (χ1v) is 13.8. The largest absolute Gasteiger partial charge is 0.345 e. The highest BCUT2D eigenvalue weighted by Gasteiger charge is 2.25. The second kappa shape index (κ2) is 11.1. The van der Waals surface area contributed by atoms with Crippen molar-refractivity contribution in [1.29, 1.82) is 5.26 Å². The molecule has 1 aliphatic heterocycles. The van der Waals surface area contributed by atoms with E-state index in [0.29, 0.717) is 41.4 Å². The molecule has 3 aromatic carbocycles. The minimum Gasteiger partial charge on any atom is -0.345 e. The zero-order chi connectivity index (χ0) is 27.4. The summed E-state index contributed by atoms with van der Waals surface area (Å²) in [4.78, 5) is 28.7. The van der Waals surface area contributed by atoms with Crippen LogP contribution in [0.2, 0.25) is 0 Å². The number of carbonyl (C=O) groups is 2. The summed E-state index contributed by atoms with van der Waals surface area (Å²) < 4.78 is 28.9. The van der Waals surface area contributed by atoms with Crippen LogP contribution in [-0.4, -0.2) is 57.2 Å². The number of nitriles is 1. The quantitative estimate of drug-likeness (QED) is 0.508. The topological polar surface area (TPSA) is 111 Å². The van der Waals surface area contributed by atoms with Crippen LogP contribution in [0.1, 0.15) is 56.2 Å². The van der Waals surface area contributed by atoms with Gasteiger partial charge >= 0.3 is 0 Å². The maximum Gasteiger partial charge on any atom is 0.261 e. The smallest absolute Gasteiger partial charge is 0.261 e. The van der Waals surface area contributed by atoms with E-state index in [9.17, 15) is 18.0 Å². The third kappa shape index (κ3) is 5.87. The highest BCUT2D eigenvalue weighted by atomic mass is 32.2. The molecule has 4 rings (SSSR count). The van der Waals surface area contributed by atoms with E-state index < -0.39 is 10.0 Å². The molecule has 1 N–H and O–H groups in total. The number of piperidine rings is 1. The van der Waals surface area contributed by atoms with Gasteiger partial charge in [0.05, 0.1) is 22.2 Å². The molecule has 0 radical (unpaired) electrons. The molecule has 38 heavy (non-hydrogen) atoms. The zero-order valence-electron chi connectivity index (χ0n) is 21.6. The number of hydrogen-bond acceptors (Lipinski definition) is 5. The normalized spacial score (nSPS) is 14.0. The second-order valence-electron chi connectivity index (χ2n) is 9.66. The Morgan fingerprint density at radius 3 is 2.29 bits per heavy atom. The Hall–Kier alpha value is -4.16. The molecular formula is C29H30N4O4S. The van der Waals surface area contributed by atoms with E-state index in [1.54, 1.807) is 50.2 Å². The van der Waals surface area contributed by atoms with E-state index in [1.807, 2.05) is 24.3 Å². The van der Waals surface area contributed by atoms with Gasteiger partial charge in [-0.05, 0) is 79.3 Å². The van der Waals surface area contributed by atoms with Gasteiger partial charge in [0, 0.05) is 38.3 Å². The van der Waals surface area contributed by atoms with Gasteiger partial charge in [0.1, 0.15) is 0 Å². The molecule has 0 saturated carbocycles. The number of nitrogens with zero attached hydrogens (tertiary/aromatic N) is 3. The minimum atomic E-state index is -3.99.